The first-order valence-corrected chi connectivity index (χ1v) is 11.6. The second kappa shape index (κ2) is 9.64. The maximum absolute atomic E-state index is 14.4. The first-order valence-electron chi connectivity index (χ1n) is 11.6. The number of anilines is 4. The maximum atomic E-state index is 14.4. The summed E-state index contributed by atoms with van der Waals surface area (Å²) in [4.78, 5) is 24.3. The fraction of sp³-hybridized carbons (Fsp3) is 0.231. The van der Waals surface area contributed by atoms with Crippen molar-refractivity contribution in [3.05, 3.63) is 71.3 Å². The highest BCUT2D eigenvalue weighted by molar-refractivity contribution is 5.98. The van der Waals surface area contributed by atoms with Crippen LogP contribution in [-0.2, 0) is 9.59 Å². The van der Waals surface area contributed by atoms with Gasteiger partial charge in [-0.15, -0.1) is 0 Å². The molecule has 8 nitrogen and oxygen atoms in total. The monoisotopic (exact) mass is 549 g/mol. The van der Waals surface area contributed by atoms with Crippen molar-refractivity contribution < 1.29 is 46.1 Å². The van der Waals surface area contributed by atoms with Crippen LogP contribution in [0, 0.1) is 11.6 Å². The summed E-state index contributed by atoms with van der Waals surface area (Å²) >= 11 is 0. The van der Waals surface area contributed by atoms with E-state index in [2.05, 4.69) is 5.32 Å². The Bertz CT molecular complexity index is 1480. The Morgan fingerprint density at radius 2 is 1.82 bits per heavy atom. The molecule has 4 N–H and O–H groups in total. The fourth-order valence-electron chi connectivity index (χ4n) is 4.74. The molecule has 5 rings (SSSR count). The van der Waals surface area contributed by atoms with Crippen LogP contribution in [0.2, 0.25) is 0 Å². The Hall–Kier alpha value is -4.55. The molecule has 0 saturated heterocycles. The molecule has 0 saturated carbocycles. The van der Waals surface area contributed by atoms with E-state index in [0.29, 0.717) is 10.5 Å². The minimum Gasteiger partial charge on any atom is -0.493 e. The number of nitrogen functional groups attached to an aromatic ring is 1. The molecule has 0 unspecified atom stereocenters. The zero-order chi connectivity index (χ0) is 28.1. The summed E-state index contributed by atoms with van der Waals surface area (Å²) in [6, 6.07) is 9.07. The molecule has 0 spiro atoms. The van der Waals surface area contributed by atoms with Gasteiger partial charge in [-0.2, -0.15) is 13.2 Å². The highest BCUT2D eigenvalue weighted by atomic mass is 19.4. The van der Waals surface area contributed by atoms with E-state index in [-0.39, 0.29) is 59.4 Å². The molecule has 1 amide bonds. The molecule has 0 aliphatic carbocycles. The number of alkyl halides is 3. The molecule has 39 heavy (non-hydrogen) atoms. The molecule has 2 aliphatic heterocycles. The molecule has 3 aromatic rings. The maximum Gasteiger partial charge on any atom is 0.471 e. The van der Waals surface area contributed by atoms with Gasteiger partial charge in [-0.25, -0.2) is 8.78 Å². The first-order chi connectivity index (χ1) is 18.5. The number of carbonyl (C=O) groups is 2. The van der Waals surface area contributed by atoms with Gasteiger partial charge in [0.05, 0.1) is 30.4 Å². The normalized spacial score (nSPS) is 17.6. The van der Waals surface area contributed by atoms with Crippen LogP contribution in [0.1, 0.15) is 29.5 Å². The molecule has 204 valence electrons. The van der Waals surface area contributed by atoms with Gasteiger partial charge >= 0.3 is 18.1 Å². The quantitative estimate of drug-likeness (QED) is 0.284. The van der Waals surface area contributed by atoms with Gasteiger partial charge in [-0.1, -0.05) is 18.2 Å². The number of hydrogen-bond acceptors (Lipinski definition) is 6. The summed E-state index contributed by atoms with van der Waals surface area (Å²) in [6.07, 6.45) is -5.48. The third-order valence-electron chi connectivity index (χ3n) is 6.53. The van der Waals surface area contributed by atoms with Crippen LogP contribution in [0.5, 0.6) is 11.5 Å². The van der Waals surface area contributed by atoms with Gasteiger partial charge in [0.2, 0.25) is 0 Å². The molecule has 0 bridgehead atoms. The molecule has 13 heteroatoms. The van der Waals surface area contributed by atoms with E-state index in [1.807, 2.05) is 0 Å². The summed E-state index contributed by atoms with van der Waals surface area (Å²) in [5.41, 5.74) is 5.90. The van der Waals surface area contributed by atoms with E-state index in [9.17, 15) is 31.5 Å². The van der Waals surface area contributed by atoms with Crippen LogP contribution in [0.25, 0.3) is 0 Å². The van der Waals surface area contributed by atoms with Crippen molar-refractivity contribution in [3.63, 3.8) is 0 Å². The predicted octanol–water partition coefficient (Wildman–Crippen LogP) is 5.27. The van der Waals surface area contributed by atoms with E-state index in [1.165, 1.54) is 36.4 Å². The summed E-state index contributed by atoms with van der Waals surface area (Å²) in [7, 11) is 0. The number of carbonyl (C=O) groups excluding carboxylic acids is 1. The highest BCUT2D eigenvalue weighted by Gasteiger charge is 2.48. The summed E-state index contributed by atoms with van der Waals surface area (Å²) in [5.74, 6) is -5.92. The lowest BCUT2D eigenvalue weighted by Gasteiger charge is -2.29. The molecular weight excluding hydrogens is 529 g/mol. The van der Waals surface area contributed by atoms with Gasteiger partial charge in [-0.3, -0.25) is 14.5 Å². The van der Waals surface area contributed by atoms with Crippen LogP contribution >= 0.6 is 0 Å². The minimum atomic E-state index is -5.25. The SMILES string of the molecule is Nc1ccc(F)c(F)c1Nc1cccc2c1OC[C@H]2N(C(=O)C(F)(F)F)c1ccc2c(c1)OC[C@H]2CC(=O)O. The topological polar surface area (TPSA) is 114 Å². The number of amides is 1. The van der Waals surface area contributed by atoms with Gasteiger partial charge < -0.3 is 25.6 Å². The average Bonchev–Trinajstić information content (AvgIpc) is 3.48. The van der Waals surface area contributed by atoms with Gasteiger partial charge in [-0.05, 0) is 24.3 Å². The highest BCUT2D eigenvalue weighted by Crippen LogP contribution is 2.47. The Morgan fingerprint density at radius 1 is 1.05 bits per heavy atom. The van der Waals surface area contributed by atoms with E-state index in [1.54, 1.807) is 0 Å². The van der Waals surface area contributed by atoms with E-state index >= 15 is 0 Å². The van der Waals surface area contributed by atoms with Crippen molar-refractivity contribution in [2.45, 2.75) is 24.6 Å². The van der Waals surface area contributed by atoms with Crippen LogP contribution in [0.4, 0.5) is 44.7 Å². The third-order valence-corrected chi connectivity index (χ3v) is 6.53. The number of nitrogens with zero attached hydrogens (tertiary/aromatic N) is 1. The van der Waals surface area contributed by atoms with Crippen molar-refractivity contribution in [1.29, 1.82) is 0 Å². The lowest BCUT2D eigenvalue weighted by Crippen LogP contribution is -2.44. The smallest absolute Gasteiger partial charge is 0.471 e. The molecule has 2 heterocycles. The van der Waals surface area contributed by atoms with Gasteiger partial charge in [0.15, 0.2) is 11.6 Å². The number of carboxylic acids is 1. The van der Waals surface area contributed by atoms with Crippen molar-refractivity contribution in [2.75, 3.05) is 29.2 Å². The first kappa shape index (κ1) is 26.1. The Kier molecular flexibility index (Phi) is 6.44. The van der Waals surface area contributed by atoms with Gasteiger partial charge in [0.1, 0.15) is 23.8 Å². The lowest BCUT2D eigenvalue weighted by atomic mass is 9.97. The number of halogens is 5. The summed E-state index contributed by atoms with van der Waals surface area (Å²) < 4.78 is 80.6. The predicted molar refractivity (Wildman–Crippen MR) is 129 cm³/mol. The largest absolute Gasteiger partial charge is 0.493 e. The van der Waals surface area contributed by atoms with Crippen molar-refractivity contribution in [1.82, 2.24) is 0 Å². The Labute approximate surface area is 217 Å². The average molecular weight is 549 g/mol. The lowest BCUT2D eigenvalue weighted by molar-refractivity contribution is -0.171. The van der Waals surface area contributed by atoms with Crippen LogP contribution in [0.15, 0.2) is 48.5 Å². The van der Waals surface area contributed by atoms with Gasteiger partial charge in [0, 0.05) is 28.8 Å². The third kappa shape index (κ3) is 4.75. The zero-order valence-electron chi connectivity index (χ0n) is 19.9. The van der Waals surface area contributed by atoms with E-state index < -0.39 is 41.6 Å². The molecule has 0 radical (unpaired) electrons. The number of aliphatic carboxylic acids is 1. The zero-order valence-corrected chi connectivity index (χ0v) is 19.9. The summed E-state index contributed by atoms with van der Waals surface area (Å²) in [6.45, 7) is -0.348. The number of fused-ring (bicyclic) bond motifs is 2. The summed E-state index contributed by atoms with van der Waals surface area (Å²) in [5, 5.41) is 11.7. The Morgan fingerprint density at radius 3 is 2.54 bits per heavy atom. The molecular formula is C26H20F5N3O5. The molecule has 2 atom stereocenters. The molecule has 0 aromatic heterocycles. The number of hydrogen-bond donors (Lipinski definition) is 3. The molecule has 2 aliphatic rings. The number of para-hydroxylation sites is 1. The minimum absolute atomic E-state index is 0.0302. The van der Waals surface area contributed by atoms with Crippen molar-refractivity contribution in [2.24, 2.45) is 0 Å². The second-order valence-electron chi connectivity index (χ2n) is 9.00. The van der Waals surface area contributed by atoms with E-state index in [4.69, 9.17) is 20.3 Å². The number of carboxylic acid groups (broad SMARTS) is 1. The van der Waals surface area contributed by atoms with Crippen molar-refractivity contribution in [3.8, 4) is 11.5 Å². The van der Waals surface area contributed by atoms with Gasteiger partial charge in [0.25, 0.3) is 0 Å². The number of benzene rings is 3. The van der Waals surface area contributed by atoms with Crippen LogP contribution in [-0.4, -0.2) is 36.4 Å². The molecule has 0 fully saturated rings. The number of nitrogens with two attached hydrogens (primary N) is 1. The van der Waals surface area contributed by atoms with Crippen LogP contribution < -0.4 is 25.4 Å². The molecule has 3 aromatic carbocycles. The van der Waals surface area contributed by atoms with Crippen molar-refractivity contribution >= 4 is 34.6 Å². The van der Waals surface area contributed by atoms with E-state index in [0.717, 1.165) is 12.1 Å². The number of nitrogens with one attached hydrogen (secondary N) is 1. The number of rotatable bonds is 6. The Balaban J connectivity index is 1.53. The number of ether oxygens (including phenoxy) is 2. The second-order valence-corrected chi connectivity index (χ2v) is 9.00. The fourth-order valence-corrected chi connectivity index (χ4v) is 4.74. The van der Waals surface area contributed by atoms with Crippen LogP contribution in [0.3, 0.4) is 0 Å². The standard InChI is InChI=1S/C26H20F5N3O5/c27-16-6-7-17(32)23(22(16)28)33-18-3-1-2-15-19(11-39-24(15)18)34(25(37)26(29,30)31)13-4-5-14-12(8-21(35)36)10-38-20(14)9-13/h1-7,9,12,19,33H,8,10-11,32H2,(H,35,36)/t12-,19-/m1/s1.